The summed E-state index contributed by atoms with van der Waals surface area (Å²) >= 11 is 0. The second-order valence-corrected chi connectivity index (χ2v) is 4.20. The third kappa shape index (κ3) is 2.46. The highest BCUT2D eigenvalue weighted by Crippen LogP contribution is 2.29. The lowest BCUT2D eigenvalue weighted by molar-refractivity contribution is -0.132. The van der Waals surface area contributed by atoms with Gasteiger partial charge in [-0.2, -0.15) is 0 Å². The average molecular weight is 209 g/mol. The standard InChI is InChI=1S/C11H15NO3/c1-11(2)5-4-7(10(13)14)9(12)8(6-11)15-3/h4,6,12H,5H2,1-3H3,(H,13,14). The Morgan fingerprint density at radius 1 is 1.60 bits per heavy atom. The molecule has 0 aromatic carbocycles. The van der Waals surface area contributed by atoms with Gasteiger partial charge in [-0.1, -0.05) is 19.9 Å². The Balaban J connectivity index is 3.20. The van der Waals surface area contributed by atoms with Crippen LogP contribution in [0.15, 0.2) is 23.5 Å². The van der Waals surface area contributed by atoms with Gasteiger partial charge < -0.3 is 9.84 Å². The lowest BCUT2D eigenvalue weighted by atomic mass is 9.89. The monoisotopic (exact) mass is 209 g/mol. The van der Waals surface area contributed by atoms with Crippen LogP contribution in [0.5, 0.6) is 0 Å². The van der Waals surface area contributed by atoms with E-state index in [-0.39, 0.29) is 16.7 Å². The first-order valence-corrected chi connectivity index (χ1v) is 4.67. The van der Waals surface area contributed by atoms with Crippen LogP contribution in [0.3, 0.4) is 0 Å². The summed E-state index contributed by atoms with van der Waals surface area (Å²) in [5, 5.41) is 16.6. The molecule has 4 nitrogen and oxygen atoms in total. The van der Waals surface area contributed by atoms with E-state index < -0.39 is 5.97 Å². The van der Waals surface area contributed by atoms with Crippen molar-refractivity contribution < 1.29 is 14.6 Å². The quantitative estimate of drug-likeness (QED) is 0.730. The summed E-state index contributed by atoms with van der Waals surface area (Å²) in [6.45, 7) is 3.95. The van der Waals surface area contributed by atoms with E-state index in [0.717, 1.165) is 0 Å². The van der Waals surface area contributed by atoms with Crippen LogP contribution in [-0.2, 0) is 9.53 Å². The molecule has 1 aliphatic rings. The Morgan fingerprint density at radius 2 is 2.20 bits per heavy atom. The molecule has 2 N–H and O–H groups in total. The molecule has 1 aliphatic carbocycles. The number of carboxylic acid groups (broad SMARTS) is 1. The van der Waals surface area contributed by atoms with Crippen LogP contribution in [0, 0.1) is 10.8 Å². The number of ether oxygens (including phenoxy) is 1. The van der Waals surface area contributed by atoms with Crippen LogP contribution in [0.4, 0.5) is 0 Å². The lowest BCUT2D eigenvalue weighted by Gasteiger charge is -2.17. The number of hydrogen-bond acceptors (Lipinski definition) is 3. The topological polar surface area (TPSA) is 70.4 Å². The normalized spacial score (nSPS) is 20.1. The maximum atomic E-state index is 10.9. The van der Waals surface area contributed by atoms with Gasteiger partial charge in [0.15, 0.2) is 0 Å². The van der Waals surface area contributed by atoms with Crippen LogP contribution in [0.2, 0.25) is 0 Å². The van der Waals surface area contributed by atoms with Gasteiger partial charge in [-0.25, -0.2) is 4.79 Å². The molecule has 0 aliphatic heterocycles. The van der Waals surface area contributed by atoms with Crippen molar-refractivity contribution in [1.29, 1.82) is 5.41 Å². The van der Waals surface area contributed by atoms with Crippen molar-refractivity contribution >= 4 is 11.7 Å². The molecular formula is C11H15NO3. The molecule has 0 bridgehead atoms. The minimum Gasteiger partial charge on any atom is -0.495 e. The first-order valence-electron chi connectivity index (χ1n) is 4.67. The minimum absolute atomic E-state index is 0.00803. The Labute approximate surface area is 88.8 Å². The van der Waals surface area contributed by atoms with Crippen LogP contribution < -0.4 is 0 Å². The molecule has 0 aromatic heterocycles. The molecule has 0 radical (unpaired) electrons. The summed E-state index contributed by atoms with van der Waals surface area (Å²) in [5.74, 6) is -0.758. The smallest absolute Gasteiger partial charge is 0.337 e. The van der Waals surface area contributed by atoms with Crippen LogP contribution >= 0.6 is 0 Å². The molecule has 0 saturated carbocycles. The van der Waals surface area contributed by atoms with E-state index in [1.54, 1.807) is 12.2 Å². The largest absolute Gasteiger partial charge is 0.495 e. The van der Waals surface area contributed by atoms with Gasteiger partial charge in [0.05, 0.1) is 12.7 Å². The van der Waals surface area contributed by atoms with Crippen LogP contribution in [0.1, 0.15) is 20.3 Å². The number of methoxy groups -OCH3 is 1. The molecule has 15 heavy (non-hydrogen) atoms. The Kier molecular flexibility index (Phi) is 2.98. The van der Waals surface area contributed by atoms with Crippen LogP contribution in [-0.4, -0.2) is 23.9 Å². The van der Waals surface area contributed by atoms with Gasteiger partial charge in [-0.3, -0.25) is 5.41 Å². The zero-order valence-corrected chi connectivity index (χ0v) is 9.13. The van der Waals surface area contributed by atoms with E-state index in [9.17, 15) is 4.79 Å². The van der Waals surface area contributed by atoms with Crippen molar-refractivity contribution in [3.05, 3.63) is 23.5 Å². The maximum Gasteiger partial charge on any atom is 0.337 e. The molecule has 0 heterocycles. The van der Waals surface area contributed by atoms with E-state index in [4.69, 9.17) is 15.3 Å². The highest BCUT2D eigenvalue weighted by molar-refractivity contribution is 6.24. The van der Waals surface area contributed by atoms with Crippen molar-refractivity contribution in [3.8, 4) is 0 Å². The van der Waals surface area contributed by atoms with E-state index in [2.05, 4.69) is 0 Å². The second-order valence-electron chi connectivity index (χ2n) is 4.20. The third-order valence-electron chi connectivity index (χ3n) is 2.32. The SMILES string of the molecule is COC1=CC(C)(C)CC=C(C(=O)O)C1=N. The number of hydrogen-bond donors (Lipinski definition) is 2. The van der Waals surface area contributed by atoms with Crippen molar-refractivity contribution in [2.75, 3.05) is 7.11 Å². The summed E-state index contributed by atoms with van der Waals surface area (Å²) < 4.78 is 5.03. The fraction of sp³-hybridized carbons (Fsp3) is 0.455. The highest BCUT2D eigenvalue weighted by atomic mass is 16.5. The summed E-state index contributed by atoms with van der Waals surface area (Å²) in [5.41, 5.74) is -0.237. The molecule has 0 amide bonds. The first-order chi connectivity index (χ1) is 6.87. The molecular weight excluding hydrogens is 194 g/mol. The predicted molar refractivity (Wildman–Crippen MR) is 56.9 cm³/mol. The van der Waals surface area contributed by atoms with Gasteiger partial charge in [-0.05, 0) is 17.9 Å². The molecule has 82 valence electrons. The molecule has 0 fully saturated rings. The molecule has 0 aromatic rings. The number of carboxylic acids is 1. The molecule has 0 unspecified atom stereocenters. The Morgan fingerprint density at radius 3 is 2.67 bits per heavy atom. The first kappa shape index (κ1) is 11.5. The van der Waals surface area contributed by atoms with Crippen molar-refractivity contribution in [1.82, 2.24) is 0 Å². The fourth-order valence-electron chi connectivity index (χ4n) is 1.44. The maximum absolute atomic E-state index is 10.9. The van der Waals surface area contributed by atoms with E-state index in [0.29, 0.717) is 12.2 Å². The third-order valence-corrected chi connectivity index (χ3v) is 2.32. The summed E-state index contributed by atoms with van der Waals surface area (Å²) in [4.78, 5) is 10.9. The zero-order valence-electron chi connectivity index (χ0n) is 9.13. The minimum atomic E-state index is -1.08. The van der Waals surface area contributed by atoms with Crippen molar-refractivity contribution in [2.45, 2.75) is 20.3 Å². The molecule has 0 atom stereocenters. The number of rotatable bonds is 2. The van der Waals surface area contributed by atoms with Gasteiger partial charge in [0.25, 0.3) is 0 Å². The summed E-state index contributed by atoms with van der Waals surface area (Å²) in [6, 6.07) is 0. The van der Waals surface area contributed by atoms with E-state index in [1.807, 2.05) is 13.8 Å². The highest BCUT2D eigenvalue weighted by Gasteiger charge is 2.26. The predicted octanol–water partition coefficient (Wildman–Crippen LogP) is 1.98. The Bertz CT molecular complexity index is 364. The van der Waals surface area contributed by atoms with Gasteiger partial charge >= 0.3 is 5.97 Å². The van der Waals surface area contributed by atoms with Crippen molar-refractivity contribution in [3.63, 3.8) is 0 Å². The van der Waals surface area contributed by atoms with E-state index in [1.165, 1.54) is 7.11 Å². The molecule has 0 saturated heterocycles. The van der Waals surface area contributed by atoms with Crippen molar-refractivity contribution in [2.24, 2.45) is 5.41 Å². The molecule has 4 heteroatoms. The fourth-order valence-corrected chi connectivity index (χ4v) is 1.44. The van der Waals surface area contributed by atoms with Gasteiger partial charge in [-0.15, -0.1) is 0 Å². The summed E-state index contributed by atoms with van der Waals surface area (Å²) in [7, 11) is 1.45. The second kappa shape index (κ2) is 3.88. The van der Waals surface area contributed by atoms with Gasteiger partial charge in [0, 0.05) is 0 Å². The number of aliphatic carboxylic acids is 1. The van der Waals surface area contributed by atoms with Crippen LogP contribution in [0.25, 0.3) is 0 Å². The number of carbonyl (C=O) groups is 1. The average Bonchev–Trinajstić information content (AvgIpc) is 2.23. The lowest BCUT2D eigenvalue weighted by Crippen LogP contribution is -2.14. The number of nitrogens with one attached hydrogen (secondary N) is 1. The summed E-state index contributed by atoms with van der Waals surface area (Å²) in [6.07, 6.45) is 3.96. The zero-order chi connectivity index (χ0) is 11.6. The van der Waals surface area contributed by atoms with E-state index >= 15 is 0 Å². The van der Waals surface area contributed by atoms with Gasteiger partial charge in [0.2, 0.25) is 0 Å². The Hall–Kier alpha value is -1.58. The number of allylic oxidation sites excluding steroid dienone is 3. The molecule has 1 rings (SSSR count). The molecule has 0 spiro atoms. The van der Waals surface area contributed by atoms with Gasteiger partial charge in [0.1, 0.15) is 11.5 Å².